The number of hydrogen-bond acceptors (Lipinski definition) is 6. The molecular formula is C28H25ClN6O2. The molecule has 0 N–H and O–H groups in total. The molecule has 37 heavy (non-hydrogen) atoms. The van der Waals surface area contributed by atoms with Crippen molar-refractivity contribution in [3.63, 3.8) is 0 Å². The Bertz CT molecular complexity index is 1600. The molecule has 1 aliphatic rings. The molecule has 0 aliphatic carbocycles. The third-order valence-corrected chi connectivity index (χ3v) is 6.82. The van der Waals surface area contributed by atoms with Gasteiger partial charge in [0.15, 0.2) is 11.5 Å². The highest BCUT2D eigenvalue weighted by Crippen LogP contribution is 2.30. The van der Waals surface area contributed by atoms with Crippen LogP contribution in [-0.4, -0.2) is 56.8 Å². The molecular weight excluding hydrogens is 488 g/mol. The maximum atomic E-state index is 12.7. The number of carbonyl (C=O) groups is 1. The Kier molecular flexibility index (Phi) is 6.10. The van der Waals surface area contributed by atoms with Crippen molar-refractivity contribution in [3.05, 3.63) is 88.9 Å². The van der Waals surface area contributed by atoms with E-state index in [1.807, 2.05) is 65.1 Å². The number of aryl methyl sites for hydroxylation is 1. The molecule has 0 saturated carbocycles. The molecule has 1 aliphatic heterocycles. The minimum atomic E-state index is -0.309. The van der Waals surface area contributed by atoms with Gasteiger partial charge in [-0.25, -0.2) is 14.2 Å². The summed E-state index contributed by atoms with van der Waals surface area (Å²) >= 11 is 6.30. The monoisotopic (exact) mass is 512 g/mol. The lowest BCUT2D eigenvalue weighted by Gasteiger charge is -2.35. The molecule has 3 aromatic carbocycles. The van der Waals surface area contributed by atoms with Gasteiger partial charge in [-0.05, 0) is 36.8 Å². The average Bonchev–Trinajstić information content (AvgIpc) is 3.37. The Morgan fingerprint density at radius 1 is 0.946 bits per heavy atom. The molecule has 0 atom stereocenters. The zero-order valence-electron chi connectivity index (χ0n) is 20.3. The van der Waals surface area contributed by atoms with E-state index < -0.39 is 0 Å². The van der Waals surface area contributed by atoms with Gasteiger partial charge in [0.25, 0.3) is 0 Å². The predicted molar refractivity (Wildman–Crippen MR) is 144 cm³/mol. The summed E-state index contributed by atoms with van der Waals surface area (Å²) < 4.78 is 7.55. The number of nitrogens with zero attached hydrogens (tertiary/aromatic N) is 6. The molecule has 0 radical (unpaired) electrons. The van der Waals surface area contributed by atoms with Crippen LogP contribution in [-0.2, 0) is 11.3 Å². The van der Waals surface area contributed by atoms with Crippen LogP contribution in [0.15, 0.2) is 72.8 Å². The normalized spacial score (nSPS) is 13.9. The van der Waals surface area contributed by atoms with Gasteiger partial charge in [-0.1, -0.05) is 65.7 Å². The summed E-state index contributed by atoms with van der Waals surface area (Å²) in [6, 6.07) is 23.5. The van der Waals surface area contributed by atoms with Crippen molar-refractivity contribution < 1.29 is 9.53 Å². The number of amides is 1. The van der Waals surface area contributed by atoms with Crippen molar-refractivity contribution in [2.24, 2.45) is 0 Å². The van der Waals surface area contributed by atoms with Crippen molar-refractivity contribution in [2.45, 2.75) is 13.5 Å². The molecule has 1 fully saturated rings. The van der Waals surface area contributed by atoms with Crippen molar-refractivity contribution in [1.82, 2.24) is 24.5 Å². The van der Waals surface area contributed by atoms with Gasteiger partial charge >= 0.3 is 6.09 Å². The second-order valence-electron chi connectivity index (χ2n) is 9.14. The van der Waals surface area contributed by atoms with E-state index in [1.165, 1.54) is 0 Å². The summed E-state index contributed by atoms with van der Waals surface area (Å²) in [5.74, 6) is 1.45. The summed E-state index contributed by atoms with van der Waals surface area (Å²) in [6.07, 6.45) is -0.309. The summed E-state index contributed by atoms with van der Waals surface area (Å²) in [4.78, 5) is 21.6. The number of hydrogen-bond donors (Lipinski definition) is 0. The smallest absolute Gasteiger partial charge is 0.410 e. The first-order valence-electron chi connectivity index (χ1n) is 12.2. The highest BCUT2D eigenvalue weighted by Gasteiger charge is 2.26. The van der Waals surface area contributed by atoms with Crippen molar-refractivity contribution in [3.8, 4) is 11.4 Å². The van der Waals surface area contributed by atoms with Crippen LogP contribution in [0.4, 0.5) is 10.7 Å². The first-order chi connectivity index (χ1) is 18.1. The lowest BCUT2D eigenvalue weighted by molar-refractivity contribution is 0.0940. The topological polar surface area (TPSA) is 75.9 Å². The van der Waals surface area contributed by atoms with E-state index in [1.54, 1.807) is 4.90 Å². The molecule has 2 aromatic heterocycles. The number of fused-ring (bicyclic) bond motifs is 3. The zero-order chi connectivity index (χ0) is 25.4. The SMILES string of the molecule is Cc1cccc(-c2nnc3c4ccc(Cl)cc4nc(N4CCN(C(=O)OCc5ccccc5)CC4)n23)c1. The fourth-order valence-electron chi connectivity index (χ4n) is 4.68. The Balaban J connectivity index is 1.31. The Hall–Kier alpha value is -4.17. The molecule has 8 nitrogen and oxygen atoms in total. The maximum absolute atomic E-state index is 12.7. The van der Waals surface area contributed by atoms with E-state index >= 15 is 0 Å². The molecule has 1 saturated heterocycles. The molecule has 5 aromatic rings. The average molecular weight is 513 g/mol. The number of carbonyl (C=O) groups excluding carboxylic acids is 1. The van der Waals surface area contributed by atoms with E-state index in [4.69, 9.17) is 21.3 Å². The molecule has 0 spiro atoms. The fourth-order valence-corrected chi connectivity index (χ4v) is 4.84. The lowest BCUT2D eigenvalue weighted by Crippen LogP contribution is -2.49. The van der Waals surface area contributed by atoms with Crippen LogP contribution in [0.25, 0.3) is 27.9 Å². The van der Waals surface area contributed by atoms with E-state index in [0.29, 0.717) is 31.2 Å². The largest absolute Gasteiger partial charge is 0.445 e. The van der Waals surface area contributed by atoms with Crippen LogP contribution in [0.3, 0.4) is 0 Å². The van der Waals surface area contributed by atoms with Gasteiger partial charge in [0.1, 0.15) is 6.61 Å². The fraction of sp³-hybridized carbons (Fsp3) is 0.214. The summed E-state index contributed by atoms with van der Waals surface area (Å²) in [5.41, 5.74) is 4.54. The Morgan fingerprint density at radius 3 is 2.54 bits per heavy atom. The van der Waals surface area contributed by atoms with Crippen molar-refractivity contribution in [1.29, 1.82) is 0 Å². The van der Waals surface area contributed by atoms with Crippen LogP contribution in [0.1, 0.15) is 11.1 Å². The van der Waals surface area contributed by atoms with Crippen LogP contribution in [0, 0.1) is 6.92 Å². The van der Waals surface area contributed by atoms with Crippen LogP contribution < -0.4 is 4.90 Å². The van der Waals surface area contributed by atoms with Gasteiger partial charge in [0.05, 0.1) is 5.52 Å². The zero-order valence-corrected chi connectivity index (χ0v) is 21.1. The Morgan fingerprint density at radius 2 is 1.76 bits per heavy atom. The quantitative estimate of drug-likeness (QED) is 0.322. The summed E-state index contributed by atoms with van der Waals surface area (Å²) in [7, 11) is 0. The van der Waals surface area contributed by atoms with E-state index in [0.717, 1.165) is 45.0 Å². The van der Waals surface area contributed by atoms with Gasteiger partial charge < -0.3 is 14.5 Å². The van der Waals surface area contributed by atoms with Crippen molar-refractivity contribution in [2.75, 3.05) is 31.1 Å². The third kappa shape index (κ3) is 4.56. The molecule has 9 heteroatoms. The van der Waals surface area contributed by atoms with Crippen LogP contribution in [0.2, 0.25) is 5.02 Å². The number of anilines is 1. The molecule has 0 bridgehead atoms. The number of benzene rings is 3. The van der Waals surface area contributed by atoms with Gasteiger partial charge in [-0.15, -0.1) is 10.2 Å². The molecule has 0 unspecified atom stereocenters. The van der Waals surface area contributed by atoms with E-state index in [-0.39, 0.29) is 12.7 Å². The number of ether oxygens (including phenoxy) is 1. The first kappa shape index (κ1) is 23.2. The summed E-state index contributed by atoms with van der Waals surface area (Å²) in [5, 5.41) is 10.6. The molecule has 6 rings (SSSR count). The molecule has 3 heterocycles. The second kappa shape index (κ2) is 9.71. The van der Waals surface area contributed by atoms with Gasteiger partial charge in [0.2, 0.25) is 5.95 Å². The van der Waals surface area contributed by atoms with Gasteiger partial charge in [-0.3, -0.25) is 0 Å². The third-order valence-electron chi connectivity index (χ3n) is 6.59. The van der Waals surface area contributed by atoms with Crippen molar-refractivity contribution >= 4 is 40.2 Å². The lowest BCUT2D eigenvalue weighted by atomic mass is 10.1. The maximum Gasteiger partial charge on any atom is 0.410 e. The number of piperazine rings is 1. The Labute approximate surface area is 219 Å². The standard InChI is InChI=1S/C28H25ClN6O2/c1-19-6-5-9-21(16-19)25-31-32-26-23-11-10-22(29)17-24(23)30-27(35(25)26)33-12-14-34(15-13-33)28(36)37-18-20-7-3-2-4-8-20/h2-11,16-17H,12-15,18H2,1H3. The van der Waals surface area contributed by atoms with Gasteiger partial charge in [0, 0.05) is 42.2 Å². The first-order valence-corrected chi connectivity index (χ1v) is 12.6. The number of aromatic nitrogens is 4. The number of halogens is 1. The second-order valence-corrected chi connectivity index (χ2v) is 9.58. The van der Waals surface area contributed by atoms with E-state index in [2.05, 4.69) is 34.2 Å². The van der Waals surface area contributed by atoms with E-state index in [9.17, 15) is 4.79 Å². The molecule has 1 amide bonds. The minimum absolute atomic E-state index is 0.258. The van der Waals surface area contributed by atoms with Crippen LogP contribution in [0.5, 0.6) is 0 Å². The minimum Gasteiger partial charge on any atom is -0.445 e. The van der Waals surface area contributed by atoms with Crippen LogP contribution >= 0.6 is 11.6 Å². The predicted octanol–water partition coefficient (Wildman–Crippen LogP) is 5.37. The van der Waals surface area contributed by atoms with Gasteiger partial charge in [-0.2, -0.15) is 0 Å². The highest BCUT2D eigenvalue weighted by molar-refractivity contribution is 6.31. The number of rotatable bonds is 4. The highest BCUT2D eigenvalue weighted by atomic mass is 35.5. The summed E-state index contributed by atoms with van der Waals surface area (Å²) in [6.45, 7) is 4.55. The molecule has 186 valence electrons.